The Balaban J connectivity index is 2.50. The van der Waals surface area contributed by atoms with E-state index in [-0.39, 0.29) is 18.7 Å². The maximum atomic E-state index is 11.2. The fourth-order valence-electron chi connectivity index (χ4n) is 0.888. The molecule has 0 amide bonds. The van der Waals surface area contributed by atoms with E-state index >= 15 is 0 Å². The van der Waals surface area contributed by atoms with Gasteiger partial charge in [0.2, 0.25) is 0 Å². The van der Waals surface area contributed by atoms with E-state index in [2.05, 4.69) is 9.94 Å². The summed E-state index contributed by atoms with van der Waals surface area (Å²) in [5.74, 6) is 4.20. The Bertz CT molecular complexity index is 368. The van der Waals surface area contributed by atoms with Crippen molar-refractivity contribution in [3.63, 3.8) is 0 Å². The number of aryl methyl sites for hydroxylation is 2. The van der Waals surface area contributed by atoms with E-state index in [1.54, 1.807) is 12.6 Å². The maximum absolute atomic E-state index is 11.2. The number of aromatic nitrogens is 3. The summed E-state index contributed by atoms with van der Waals surface area (Å²) in [6.45, 7) is 0.167. The predicted molar refractivity (Wildman–Crippen MR) is 45.5 cm³/mol. The highest BCUT2D eigenvalue weighted by atomic mass is 16.7. The maximum Gasteiger partial charge on any atom is 0.345 e. The molecule has 1 heterocycles. The molecule has 1 aromatic heterocycles. The SMILES string of the molecule is Cn1cnn(CCC(=O)ONN)c1=O. The van der Waals surface area contributed by atoms with Gasteiger partial charge >= 0.3 is 11.7 Å². The molecule has 14 heavy (non-hydrogen) atoms. The van der Waals surface area contributed by atoms with Gasteiger partial charge < -0.3 is 4.84 Å². The summed E-state index contributed by atoms with van der Waals surface area (Å²) in [5, 5.41) is 3.76. The summed E-state index contributed by atoms with van der Waals surface area (Å²) in [7, 11) is 1.57. The molecule has 0 saturated carbocycles. The summed E-state index contributed by atoms with van der Waals surface area (Å²) in [6.07, 6.45) is 1.40. The van der Waals surface area contributed by atoms with Crippen molar-refractivity contribution in [3.05, 3.63) is 16.8 Å². The van der Waals surface area contributed by atoms with Crippen LogP contribution >= 0.6 is 0 Å². The van der Waals surface area contributed by atoms with Crippen LogP contribution in [0.15, 0.2) is 11.1 Å². The topological polar surface area (TPSA) is 104 Å². The van der Waals surface area contributed by atoms with Crippen LogP contribution in [0.3, 0.4) is 0 Å². The molecular formula is C6H11N5O3. The van der Waals surface area contributed by atoms with E-state index < -0.39 is 5.97 Å². The lowest BCUT2D eigenvalue weighted by atomic mass is 10.4. The third-order valence-electron chi connectivity index (χ3n) is 1.59. The highest BCUT2D eigenvalue weighted by Crippen LogP contribution is 1.86. The smallest absolute Gasteiger partial charge is 0.345 e. The number of nitrogens with zero attached hydrogens (tertiary/aromatic N) is 3. The van der Waals surface area contributed by atoms with Crippen LogP contribution in [0.25, 0.3) is 0 Å². The number of hydrazine groups is 1. The van der Waals surface area contributed by atoms with Gasteiger partial charge in [0.15, 0.2) is 0 Å². The lowest BCUT2D eigenvalue weighted by molar-refractivity contribution is -0.151. The van der Waals surface area contributed by atoms with Gasteiger partial charge in [0.05, 0.1) is 13.0 Å². The second kappa shape index (κ2) is 4.53. The Labute approximate surface area is 79.2 Å². The van der Waals surface area contributed by atoms with E-state index in [1.165, 1.54) is 10.9 Å². The van der Waals surface area contributed by atoms with Crippen molar-refractivity contribution in [1.29, 1.82) is 0 Å². The summed E-state index contributed by atoms with van der Waals surface area (Å²) < 4.78 is 2.48. The van der Waals surface area contributed by atoms with Crippen molar-refractivity contribution in [2.75, 3.05) is 0 Å². The van der Waals surface area contributed by atoms with Gasteiger partial charge in [0, 0.05) is 7.05 Å². The largest absolute Gasteiger partial charge is 0.356 e. The molecule has 0 unspecified atom stereocenters. The molecule has 3 N–H and O–H groups in total. The predicted octanol–water partition coefficient (Wildman–Crippen LogP) is -2.11. The number of carbonyl (C=O) groups excluding carboxylic acids is 1. The third-order valence-corrected chi connectivity index (χ3v) is 1.59. The summed E-state index contributed by atoms with van der Waals surface area (Å²) in [4.78, 5) is 26.3. The normalized spacial score (nSPS) is 10.1. The minimum atomic E-state index is -0.551. The quantitative estimate of drug-likeness (QED) is 0.427. The molecule has 1 aromatic rings. The third kappa shape index (κ3) is 2.41. The molecule has 0 saturated heterocycles. The number of hydrogen-bond donors (Lipinski definition) is 2. The molecular weight excluding hydrogens is 190 g/mol. The average Bonchev–Trinajstić information content (AvgIpc) is 2.46. The van der Waals surface area contributed by atoms with Gasteiger partial charge in [-0.05, 0) is 0 Å². The van der Waals surface area contributed by atoms with Crippen molar-refractivity contribution in [1.82, 2.24) is 19.9 Å². The number of nitrogens with two attached hydrogens (primary N) is 1. The monoisotopic (exact) mass is 201 g/mol. The first kappa shape index (κ1) is 10.4. The molecule has 0 bridgehead atoms. The van der Waals surface area contributed by atoms with E-state index in [9.17, 15) is 9.59 Å². The van der Waals surface area contributed by atoms with Crippen LogP contribution in [0.4, 0.5) is 0 Å². The Morgan fingerprint density at radius 3 is 3.00 bits per heavy atom. The minimum absolute atomic E-state index is 0.0289. The molecule has 0 aromatic carbocycles. The number of carbonyl (C=O) groups is 1. The minimum Gasteiger partial charge on any atom is -0.356 e. The highest BCUT2D eigenvalue weighted by Gasteiger charge is 2.06. The average molecular weight is 201 g/mol. The van der Waals surface area contributed by atoms with Crippen molar-refractivity contribution in [2.24, 2.45) is 12.9 Å². The Kier molecular flexibility index (Phi) is 3.37. The zero-order valence-electron chi connectivity index (χ0n) is 7.64. The van der Waals surface area contributed by atoms with Gasteiger partial charge in [-0.3, -0.25) is 9.36 Å². The molecule has 0 aliphatic heterocycles. The second-order valence-electron chi connectivity index (χ2n) is 2.59. The first-order chi connectivity index (χ1) is 6.65. The van der Waals surface area contributed by atoms with Crippen molar-refractivity contribution in [2.45, 2.75) is 13.0 Å². The molecule has 0 radical (unpaired) electrons. The van der Waals surface area contributed by atoms with Crippen LogP contribution in [0, 0.1) is 0 Å². The lowest BCUT2D eigenvalue weighted by Crippen LogP contribution is -2.28. The van der Waals surface area contributed by atoms with Gasteiger partial charge in [-0.25, -0.2) is 15.3 Å². The first-order valence-electron chi connectivity index (χ1n) is 3.89. The number of nitrogens with one attached hydrogen (secondary N) is 1. The van der Waals surface area contributed by atoms with Crippen LogP contribution < -0.4 is 17.1 Å². The van der Waals surface area contributed by atoms with Crippen LogP contribution in [0.1, 0.15) is 6.42 Å². The van der Waals surface area contributed by atoms with Crippen LogP contribution in [-0.4, -0.2) is 20.3 Å². The van der Waals surface area contributed by atoms with Crippen LogP contribution in [-0.2, 0) is 23.2 Å². The molecule has 78 valence electrons. The number of rotatable bonds is 4. The van der Waals surface area contributed by atoms with E-state index in [4.69, 9.17) is 5.84 Å². The Morgan fingerprint density at radius 2 is 2.50 bits per heavy atom. The standard InChI is InChI=1S/C6H11N5O3/c1-10-4-8-11(6(10)13)3-2-5(12)14-9-7/h4,9H,2-3,7H2,1H3. The van der Waals surface area contributed by atoms with Gasteiger partial charge in [0.25, 0.3) is 0 Å². The zero-order valence-corrected chi connectivity index (χ0v) is 7.64. The van der Waals surface area contributed by atoms with Gasteiger partial charge in [-0.15, -0.1) is 0 Å². The van der Waals surface area contributed by atoms with Crippen LogP contribution in [0.5, 0.6) is 0 Å². The Hall–Kier alpha value is -1.67. The zero-order chi connectivity index (χ0) is 10.6. The fourth-order valence-corrected chi connectivity index (χ4v) is 0.888. The fraction of sp³-hybridized carbons (Fsp3) is 0.500. The van der Waals surface area contributed by atoms with Gasteiger partial charge in [0.1, 0.15) is 6.33 Å². The van der Waals surface area contributed by atoms with Crippen LogP contribution in [0.2, 0.25) is 0 Å². The molecule has 0 fully saturated rings. The van der Waals surface area contributed by atoms with Crippen molar-refractivity contribution in [3.8, 4) is 0 Å². The van der Waals surface area contributed by atoms with E-state index in [0.717, 1.165) is 4.68 Å². The molecule has 0 aliphatic rings. The van der Waals surface area contributed by atoms with E-state index in [0.29, 0.717) is 0 Å². The lowest BCUT2D eigenvalue weighted by Gasteiger charge is -2.00. The summed E-state index contributed by atoms with van der Waals surface area (Å²) in [5.41, 5.74) is 1.48. The Morgan fingerprint density at radius 1 is 1.79 bits per heavy atom. The molecule has 0 spiro atoms. The molecule has 1 rings (SSSR count). The molecule has 8 nitrogen and oxygen atoms in total. The summed E-state index contributed by atoms with van der Waals surface area (Å²) in [6, 6.07) is 0. The van der Waals surface area contributed by atoms with Crippen molar-refractivity contribution < 1.29 is 9.63 Å². The molecule has 0 aliphatic carbocycles. The van der Waals surface area contributed by atoms with E-state index in [1.807, 2.05) is 0 Å². The van der Waals surface area contributed by atoms with Gasteiger partial charge in [-0.2, -0.15) is 5.10 Å². The van der Waals surface area contributed by atoms with Crippen molar-refractivity contribution >= 4 is 5.97 Å². The second-order valence-corrected chi connectivity index (χ2v) is 2.59. The molecule has 0 atom stereocenters. The first-order valence-corrected chi connectivity index (χ1v) is 3.89. The highest BCUT2D eigenvalue weighted by molar-refractivity contribution is 5.68. The van der Waals surface area contributed by atoms with Gasteiger partial charge in [-0.1, -0.05) is 5.59 Å². The summed E-state index contributed by atoms with van der Waals surface area (Å²) >= 11 is 0. The molecule has 8 heteroatoms. The number of hydrogen-bond acceptors (Lipinski definition) is 6.